The fraction of sp³-hybridized carbons (Fsp3) is 0.500. The molecule has 1 aromatic heterocycles. The Morgan fingerprint density at radius 2 is 2.16 bits per heavy atom. The molecule has 1 rings (SSSR count). The van der Waals surface area contributed by atoms with Crippen LogP contribution in [0.25, 0.3) is 0 Å². The quantitative estimate of drug-likeness (QED) is 0.581. The number of nitrogens with zero attached hydrogens (tertiary/aromatic N) is 2. The van der Waals surface area contributed by atoms with Crippen LogP contribution in [0.2, 0.25) is 0 Å². The molecule has 0 amide bonds. The fourth-order valence-electron chi connectivity index (χ4n) is 1.68. The van der Waals surface area contributed by atoms with Crippen LogP contribution < -0.4 is 5.32 Å². The molecule has 0 saturated heterocycles. The van der Waals surface area contributed by atoms with E-state index in [9.17, 15) is 14.9 Å². The number of aromatic nitrogens is 1. The van der Waals surface area contributed by atoms with Crippen molar-refractivity contribution in [1.82, 2.24) is 4.98 Å². The first-order valence-corrected chi connectivity index (χ1v) is 6.11. The lowest BCUT2D eigenvalue weighted by molar-refractivity contribution is -0.385. The Hall–Kier alpha value is -2.18. The van der Waals surface area contributed by atoms with Gasteiger partial charge in [0.2, 0.25) is 0 Å². The molecule has 0 radical (unpaired) electrons. The van der Waals surface area contributed by atoms with Crippen LogP contribution in [0, 0.1) is 16.0 Å². The first-order valence-electron chi connectivity index (χ1n) is 6.11. The SMILES string of the molecule is CCC(CC)CNc1ncc([N+](=O)[O-])cc1C(=O)O. The average Bonchev–Trinajstić information content (AvgIpc) is 2.39. The van der Waals surface area contributed by atoms with Crippen LogP contribution in [0.1, 0.15) is 37.0 Å². The van der Waals surface area contributed by atoms with Crippen molar-refractivity contribution in [3.63, 3.8) is 0 Å². The molecule has 2 N–H and O–H groups in total. The standard InChI is InChI=1S/C12H17N3O4/c1-3-8(4-2)6-13-11-10(12(16)17)5-9(7-14-11)15(18)19/h5,7-8H,3-4,6H2,1-2H3,(H,13,14)(H,16,17). The van der Waals surface area contributed by atoms with Crippen LogP contribution >= 0.6 is 0 Å². The number of nitro groups is 1. The van der Waals surface area contributed by atoms with Crippen molar-refractivity contribution in [2.45, 2.75) is 26.7 Å². The maximum atomic E-state index is 11.1. The topological polar surface area (TPSA) is 105 Å². The molecule has 0 spiro atoms. The van der Waals surface area contributed by atoms with Gasteiger partial charge in [-0.05, 0) is 5.92 Å². The van der Waals surface area contributed by atoms with E-state index in [4.69, 9.17) is 5.11 Å². The predicted molar refractivity (Wildman–Crippen MR) is 70.4 cm³/mol. The lowest BCUT2D eigenvalue weighted by atomic mass is 10.0. The minimum Gasteiger partial charge on any atom is -0.478 e. The molecule has 1 heterocycles. The molecule has 1 aromatic rings. The van der Waals surface area contributed by atoms with E-state index < -0.39 is 10.9 Å². The van der Waals surface area contributed by atoms with Gasteiger partial charge >= 0.3 is 5.97 Å². The van der Waals surface area contributed by atoms with Crippen molar-refractivity contribution in [3.8, 4) is 0 Å². The summed E-state index contributed by atoms with van der Waals surface area (Å²) in [6, 6.07) is 1.02. The molecule has 0 aromatic carbocycles. The first-order chi connectivity index (χ1) is 8.99. The number of nitrogens with one attached hydrogen (secondary N) is 1. The van der Waals surface area contributed by atoms with E-state index in [-0.39, 0.29) is 17.1 Å². The van der Waals surface area contributed by atoms with Gasteiger partial charge in [-0.25, -0.2) is 9.78 Å². The molecule has 0 aliphatic carbocycles. The molecular weight excluding hydrogens is 250 g/mol. The van der Waals surface area contributed by atoms with Gasteiger partial charge in [0.05, 0.1) is 4.92 Å². The number of hydrogen-bond donors (Lipinski definition) is 2. The summed E-state index contributed by atoms with van der Waals surface area (Å²) in [5.74, 6) is -0.646. The van der Waals surface area contributed by atoms with Crippen molar-refractivity contribution in [2.75, 3.05) is 11.9 Å². The van der Waals surface area contributed by atoms with Gasteiger partial charge in [0.15, 0.2) is 0 Å². The highest BCUT2D eigenvalue weighted by Crippen LogP contribution is 2.20. The largest absolute Gasteiger partial charge is 0.478 e. The Morgan fingerprint density at radius 3 is 2.63 bits per heavy atom. The molecule has 0 unspecified atom stereocenters. The lowest BCUT2D eigenvalue weighted by Crippen LogP contribution is -2.16. The van der Waals surface area contributed by atoms with E-state index in [1.54, 1.807) is 0 Å². The summed E-state index contributed by atoms with van der Waals surface area (Å²) >= 11 is 0. The van der Waals surface area contributed by atoms with Gasteiger partial charge in [-0.2, -0.15) is 0 Å². The van der Waals surface area contributed by atoms with Crippen molar-refractivity contribution in [3.05, 3.63) is 27.9 Å². The lowest BCUT2D eigenvalue weighted by Gasteiger charge is -2.14. The van der Waals surface area contributed by atoms with E-state index in [0.29, 0.717) is 12.5 Å². The summed E-state index contributed by atoms with van der Waals surface area (Å²) < 4.78 is 0. The summed E-state index contributed by atoms with van der Waals surface area (Å²) in [4.78, 5) is 24.8. The minimum atomic E-state index is -1.23. The maximum absolute atomic E-state index is 11.1. The minimum absolute atomic E-state index is 0.171. The number of hydrogen-bond acceptors (Lipinski definition) is 5. The molecule has 0 fully saturated rings. The number of rotatable bonds is 7. The number of carbonyl (C=O) groups is 1. The molecule has 0 aliphatic heterocycles. The average molecular weight is 267 g/mol. The first kappa shape index (κ1) is 14.9. The van der Waals surface area contributed by atoms with Crippen LogP contribution in [-0.4, -0.2) is 27.5 Å². The van der Waals surface area contributed by atoms with Crippen molar-refractivity contribution < 1.29 is 14.8 Å². The number of anilines is 1. The fourth-order valence-corrected chi connectivity index (χ4v) is 1.68. The molecule has 0 atom stereocenters. The van der Waals surface area contributed by atoms with Gasteiger partial charge in [-0.15, -0.1) is 0 Å². The molecule has 19 heavy (non-hydrogen) atoms. The second kappa shape index (κ2) is 6.67. The summed E-state index contributed by atoms with van der Waals surface area (Å²) in [6.45, 7) is 4.70. The Morgan fingerprint density at radius 1 is 1.53 bits per heavy atom. The Balaban J connectivity index is 2.94. The number of pyridine rings is 1. The Labute approximate surface area is 110 Å². The Bertz CT molecular complexity index is 472. The molecule has 0 aliphatic rings. The number of carboxylic acid groups (broad SMARTS) is 1. The summed E-state index contributed by atoms with van der Waals surface area (Å²) in [5.41, 5.74) is -0.509. The zero-order valence-corrected chi connectivity index (χ0v) is 10.9. The smallest absolute Gasteiger partial charge is 0.339 e. The highest BCUT2D eigenvalue weighted by Gasteiger charge is 2.17. The van der Waals surface area contributed by atoms with Crippen molar-refractivity contribution >= 4 is 17.5 Å². The zero-order chi connectivity index (χ0) is 14.4. The van der Waals surface area contributed by atoms with E-state index in [0.717, 1.165) is 25.1 Å². The third kappa shape index (κ3) is 3.90. The third-order valence-corrected chi connectivity index (χ3v) is 3.03. The summed E-state index contributed by atoms with van der Waals surface area (Å²) in [7, 11) is 0. The van der Waals surface area contributed by atoms with Crippen molar-refractivity contribution in [1.29, 1.82) is 0 Å². The monoisotopic (exact) mass is 267 g/mol. The number of aromatic carboxylic acids is 1. The highest BCUT2D eigenvalue weighted by atomic mass is 16.6. The van der Waals surface area contributed by atoms with E-state index in [1.165, 1.54) is 0 Å². The van der Waals surface area contributed by atoms with Gasteiger partial charge < -0.3 is 10.4 Å². The van der Waals surface area contributed by atoms with Gasteiger partial charge in [-0.1, -0.05) is 26.7 Å². The summed E-state index contributed by atoms with van der Waals surface area (Å²) in [5, 5.41) is 22.6. The van der Waals surface area contributed by atoms with Gasteiger partial charge in [0, 0.05) is 12.6 Å². The van der Waals surface area contributed by atoms with Crippen molar-refractivity contribution in [2.24, 2.45) is 5.92 Å². The third-order valence-electron chi connectivity index (χ3n) is 3.03. The van der Waals surface area contributed by atoms with E-state index in [1.807, 2.05) is 0 Å². The van der Waals surface area contributed by atoms with Gasteiger partial charge in [0.1, 0.15) is 17.6 Å². The van der Waals surface area contributed by atoms with E-state index in [2.05, 4.69) is 24.1 Å². The van der Waals surface area contributed by atoms with Crippen LogP contribution in [0.15, 0.2) is 12.3 Å². The predicted octanol–water partition coefficient (Wildman–Crippen LogP) is 2.54. The van der Waals surface area contributed by atoms with Gasteiger partial charge in [0.25, 0.3) is 5.69 Å². The zero-order valence-electron chi connectivity index (χ0n) is 10.9. The molecule has 0 bridgehead atoms. The Kier molecular flexibility index (Phi) is 5.23. The van der Waals surface area contributed by atoms with E-state index >= 15 is 0 Å². The molecule has 7 heteroatoms. The van der Waals surface area contributed by atoms with Crippen LogP contribution in [0.3, 0.4) is 0 Å². The van der Waals surface area contributed by atoms with Gasteiger partial charge in [-0.3, -0.25) is 10.1 Å². The van der Waals surface area contributed by atoms with Crippen LogP contribution in [0.5, 0.6) is 0 Å². The summed E-state index contributed by atoms with van der Waals surface area (Å²) in [6.07, 6.45) is 3.00. The molecular formula is C12H17N3O4. The molecule has 104 valence electrons. The van der Waals surface area contributed by atoms with Crippen LogP contribution in [0.4, 0.5) is 11.5 Å². The highest BCUT2D eigenvalue weighted by molar-refractivity contribution is 5.93. The molecule has 0 saturated carbocycles. The second-order valence-corrected chi connectivity index (χ2v) is 4.22. The van der Waals surface area contributed by atoms with Crippen LogP contribution in [-0.2, 0) is 0 Å². The second-order valence-electron chi connectivity index (χ2n) is 4.22. The molecule has 7 nitrogen and oxygen atoms in total. The number of carboxylic acids is 1. The maximum Gasteiger partial charge on any atom is 0.339 e. The normalized spacial score (nSPS) is 10.5.